The predicted octanol–water partition coefficient (Wildman–Crippen LogP) is 3.97. The van der Waals surface area contributed by atoms with Crippen molar-refractivity contribution in [3.8, 4) is 0 Å². The molecule has 0 bridgehead atoms. The predicted molar refractivity (Wildman–Crippen MR) is 124 cm³/mol. The molecule has 1 unspecified atom stereocenters. The Morgan fingerprint density at radius 1 is 1.00 bits per heavy atom. The van der Waals surface area contributed by atoms with Crippen molar-refractivity contribution in [3.63, 3.8) is 0 Å². The van der Waals surface area contributed by atoms with Gasteiger partial charge in [-0.15, -0.1) is 0 Å². The van der Waals surface area contributed by atoms with Gasteiger partial charge in [0.2, 0.25) is 5.91 Å². The summed E-state index contributed by atoms with van der Waals surface area (Å²) >= 11 is 0. The number of carbonyl (C=O) groups excluding carboxylic acids is 3. The summed E-state index contributed by atoms with van der Waals surface area (Å²) < 4.78 is 19.1. The number of benzene rings is 2. The van der Waals surface area contributed by atoms with Crippen molar-refractivity contribution in [1.29, 1.82) is 0 Å². The summed E-state index contributed by atoms with van der Waals surface area (Å²) in [6.45, 7) is 2.75. The van der Waals surface area contributed by atoms with Gasteiger partial charge in [0.1, 0.15) is 11.4 Å². The molecule has 0 radical (unpaired) electrons. The van der Waals surface area contributed by atoms with Gasteiger partial charge in [-0.2, -0.15) is 0 Å². The second-order valence-corrected chi connectivity index (χ2v) is 9.38. The summed E-state index contributed by atoms with van der Waals surface area (Å²) in [6.07, 6.45) is 2.98. The zero-order valence-corrected chi connectivity index (χ0v) is 19.0. The highest BCUT2D eigenvalue weighted by atomic mass is 19.1. The Morgan fingerprint density at radius 3 is 2.59 bits per heavy atom. The molecule has 3 aliphatic heterocycles. The third-order valence-corrected chi connectivity index (χ3v) is 7.01. The molecule has 34 heavy (non-hydrogen) atoms. The van der Waals surface area contributed by atoms with E-state index in [9.17, 15) is 18.8 Å². The Hall–Kier alpha value is -3.42. The number of hydrogen-bond donors (Lipinski definition) is 0. The molecule has 3 heterocycles. The van der Waals surface area contributed by atoms with Crippen molar-refractivity contribution in [3.05, 3.63) is 65.5 Å². The lowest BCUT2D eigenvalue weighted by Crippen LogP contribution is -2.37. The highest BCUT2D eigenvalue weighted by Crippen LogP contribution is 2.36. The molecule has 0 saturated carbocycles. The van der Waals surface area contributed by atoms with Crippen LogP contribution in [0.4, 0.5) is 14.9 Å². The average molecular weight is 466 g/mol. The fourth-order valence-corrected chi connectivity index (χ4v) is 5.15. The third kappa shape index (κ3) is 4.49. The molecule has 8 heteroatoms. The van der Waals surface area contributed by atoms with E-state index in [2.05, 4.69) is 0 Å². The Morgan fingerprint density at radius 2 is 1.82 bits per heavy atom. The van der Waals surface area contributed by atoms with Crippen LogP contribution in [0, 0.1) is 5.82 Å². The van der Waals surface area contributed by atoms with E-state index >= 15 is 0 Å². The zero-order valence-electron chi connectivity index (χ0n) is 19.0. The van der Waals surface area contributed by atoms with Crippen LogP contribution in [-0.2, 0) is 16.1 Å². The molecule has 0 aromatic heterocycles. The molecule has 3 saturated heterocycles. The summed E-state index contributed by atoms with van der Waals surface area (Å²) in [4.78, 5) is 43.0. The van der Waals surface area contributed by atoms with Gasteiger partial charge in [0.15, 0.2) is 0 Å². The molecule has 5 rings (SSSR count). The van der Waals surface area contributed by atoms with Gasteiger partial charge in [0.25, 0.3) is 5.91 Å². The highest BCUT2D eigenvalue weighted by Gasteiger charge is 2.46. The molecule has 0 N–H and O–H groups in total. The van der Waals surface area contributed by atoms with Crippen LogP contribution in [0.15, 0.2) is 48.5 Å². The van der Waals surface area contributed by atoms with E-state index in [0.717, 1.165) is 24.9 Å². The van der Waals surface area contributed by atoms with Gasteiger partial charge in [-0.3, -0.25) is 14.5 Å². The first-order valence-corrected chi connectivity index (χ1v) is 11.8. The van der Waals surface area contributed by atoms with Gasteiger partial charge in [0, 0.05) is 50.3 Å². The Balaban J connectivity index is 1.25. The molecular weight excluding hydrogens is 437 g/mol. The summed E-state index contributed by atoms with van der Waals surface area (Å²) in [5, 5.41) is 0. The monoisotopic (exact) mass is 465 g/mol. The topological polar surface area (TPSA) is 70.2 Å². The quantitative estimate of drug-likeness (QED) is 0.685. The Kier molecular flexibility index (Phi) is 5.98. The number of anilines is 1. The van der Waals surface area contributed by atoms with Crippen LogP contribution < -0.4 is 4.90 Å². The number of nitrogens with zero attached hydrogens (tertiary/aromatic N) is 3. The van der Waals surface area contributed by atoms with Gasteiger partial charge in [-0.25, -0.2) is 9.18 Å². The molecule has 3 fully saturated rings. The average Bonchev–Trinajstić information content (AvgIpc) is 3.31. The summed E-state index contributed by atoms with van der Waals surface area (Å²) in [5.74, 6) is -0.243. The minimum atomic E-state index is -0.654. The fourth-order valence-electron chi connectivity index (χ4n) is 5.15. The fraction of sp³-hybridized carbons (Fsp3) is 0.423. The third-order valence-electron chi connectivity index (χ3n) is 7.01. The molecule has 178 valence electrons. The number of amides is 3. The molecule has 1 atom stereocenters. The van der Waals surface area contributed by atoms with Crippen molar-refractivity contribution in [2.75, 3.05) is 31.1 Å². The van der Waals surface area contributed by atoms with Crippen LogP contribution in [0.1, 0.15) is 48.0 Å². The number of likely N-dealkylation sites (tertiary alicyclic amines) is 2. The van der Waals surface area contributed by atoms with Crippen LogP contribution in [0.25, 0.3) is 0 Å². The maximum absolute atomic E-state index is 13.3. The number of ether oxygens (including phenoxy) is 1. The van der Waals surface area contributed by atoms with Crippen LogP contribution in [0.2, 0.25) is 0 Å². The van der Waals surface area contributed by atoms with E-state index in [1.165, 1.54) is 12.1 Å². The van der Waals surface area contributed by atoms with Crippen molar-refractivity contribution in [1.82, 2.24) is 9.80 Å². The van der Waals surface area contributed by atoms with E-state index in [0.29, 0.717) is 56.7 Å². The summed E-state index contributed by atoms with van der Waals surface area (Å²) in [6, 6.07) is 13.3. The smallest absolute Gasteiger partial charge is 0.415 e. The standard InChI is InChI=1S/C26H28FN3O4/c27-21-7-9-22(10-8-21)30-18-26(34-25(30)33)11-3-14-28(15-12-26)24(32)20-5-1-4-19(16-20)17-29-13-2-6-23(29)31/h1,4-5,7-10,16H,2-3,6,11-15,17-18H2. The first-order chi connectivity index (χ1) is 16.4. The van der Waals surface area contributed by atoms with Crippen LogP contribution in [0.3, 0.4) is 0 Å². The maximum Gasteiger partial charge on any atom is 0.415 e. The van der Waals surface area contributed by atoms with Gasteiger partial charge in [0.05, 0.1) is 6.54 Å². The van der Waals surface area contributed by atoms with E-state index in [-0.39, 0.29) is 17.6 Å². The number of hydrogen-bond acceptors (Lipinski definition) is 4. The maximum atomic E-state index is 13.3. The van der Waals surface area contributed by atoms with Gasteiger partial charge in [-0.1, -0.05) is 12.1 Å². The van der Waals surface area contributed by atoms with Crippen LogP contribution in [0.5, 0.6) is 0 Å². The van der Waals surface area contributed by atoms with Gasteiger partial charge >= 0.3 is 6.09 Å². The summed E-state index contributed by atoms with van der Waals surface area (Å²) in [7, 11) is 0. The molecule has 1 spiro atoms. The first-order valence-electron chi connectivity index (χ1n) is 11.8. The zero-order chi connectivity index (χ0) is 23.7. The number of rotatable bonds is 4. The second kappa shape index (κ2) is 9.08. The van der Waals surface area contributed by atoms with Crippen LogP contribution in [-0.4, -0.2) is 59.5 Å². The van der Waals surface area contributed by atoms with Crippen molar-refractivity contribution in [2.45, 2.75) is 44.2 Å². The van der Waals surface area contributed by atoms with E-state index in [1.807, 2.05) is 34.1 Å². The van der Waals surface area contributed by atoms with Crippen molar-refractivity contribution < 1.29 is 23.5 Å². The molecule has 7 nitrogen and oxygen atoms in total. The SMILES string of the molecule is O=C1CCCN1Cc1cccc(C(=O)N2CCCC3(CC2)CN(c2ccc(F)cc2)C(=O)O3)c1. The Bertz CT molecular complexity index is 1110. The lowest BCUT2D eigenvalue weighted by Gasteiger charge is -2.26. The molecule has 2 aromatic carbocycles. The van der Waals surface area contributed by atoms with E-state index < -0.39 is 11.7 Å². The minimum Gasteiger partial charge on any atom is -0.441 e. The lowest BCUT2D eigenvalue weighted by atomic mass is 9.95. The van der Waals surface area contributed by atoms with Crippen LogP contribution >= 0.6 is 0 Å². The van der Waals surface area contributed by atoms with E-state index in [1.54, 1.807) is 17.0 Å². The molecule has 2 aromatic rings. The normalized spacial score (nSPS) is 22.9. The van der Waals surface area contributed by atoms with E-state index in [4.69, 9.17) is 4.74 Å². The van der Waals surface area contributed by atoms with Crippen molar-refractivity contribution >= 4 is 23.6 Å². The number of halogens is 1. The molecular formula is C26H28FN3O4. The minimum absolute atomic E-state index is 0.0497. The van der Waals surface area contributed by atoms with Gasteiger partial charge in [-0.05, 0) is 61.2 Å². The lowest BCUT2D eigenvalue weighted by molar-refractivity contribution is -0.128. The summed E-state index contributed by atoms with van der Waals surface area (Å²) in [5.41, 5.74) is 1.51. The largest absolute Gasteiger partial charge is 0.441 e. The second-order valence-electron chi connectivity index (χ2n) is 9.38. The van der Waals surface area contributed by atoms with Crippen molar-refractivity contribution in [2.24, 2.45) is 0 Å². The number of carbonyl (C=O) groups is 3. The molecule has 3 amide bonds. The molecule has 0 aliphatic carbocycles. The molecule has 3 aliphatic rings. The first kappa shape index (κ1) is 22.4. The highest BCUT2D eigenvalue weighted by molar-refractivity contribution is 5.94. The Labute approximate surface area is 198 Å². The van der Waals surface area contributed by atoms with Gasteiger partial charge < -0.3 is 14.5 Å².